The fraction of sp³-hybridized carbons (Fsp3) is 0.500. The van der Waals surface area contributed by atoms with E-state index in [1.807, 2.05) is 13.8 Å². The lowest BCUT2D eigenvalue weighted by Gasteiger charge is -2.19. The van der Waals surface area contributed by atoms with Gasteiger partial charge in [0, 0.05) is 6.54 Å². The summed E-state index contributed by atoms with van der Waals surface area (Å²) in [6.07, 6.45) is -1.10. The van der Waals surface area contributed by atoms with Crippen LogP contribution in [0, 0.1) is 13.8 Å². The van der Waals surface area contributed by atoms with Crippen LogP contribution in [0.4, 0.5) is 19.6 Å². The second-order valence-corrected chi connectivity index (χ2v) is 11.8. The Bertz CT molecular complexity index is 1090. The second-order valence-electron chi connectivity index (χ2n) is 9.66. The van der Waals surface area contributed by atoms with Gasteiger partial charge in [-0.25, -0.2) is 14.4 Å². The predicted molar refractivity (Wildman–Crippen MR) is 143 cm³/mol. The summed E-state index contributed by atoms with van der Waals surface area (Å²) < 4.78 is 10.2. The van der Waals surface area contributed by atoms with Crippen LogP contribution in [0.15, 0.2) is 12.1 Å². The van der Waals surface area contributed by atoms with Crippen LogP contribution in [0.2, 0.25) is 0 Å². The predicted octanol–water partition coefficient (Wildman–Crippen LogP) is 6.25. The maximum Gasteiger partial charge on any atom is 0.412 e. The molecule has 0 atom stereocenters. The lowest BCUT2D eigenvalue weighted by molar-refractivity contribution is 0.0625. The molecule has 3 amide bonds. The van der Waals surface area contributed by atoms with Gasteiger partial charge in [-0.3, -0.25) is 15.4 Å². The highest BCUT2D eigenvalue weighted by atomic mass is 32.1. The number of rotatable bonds is 5. The molecule has 2 aromatic heterocycles. The molecule has 2 rings (SSSR count). The van der Waals surface area contributed by atoms with Crippen LogP contribution < -0.4 is 16.0 Å². The number of amides is 3. The van der Waals surface area contributed by atoms with E-state index in [2.05, 4.69) is 16.0 Å². The van der Waals surface area contributed by atoms with Gasteiger partial charge in [-0.1, -0.05) is 0 Å². The van der Waals surface area contributed by atoms with Crippen molar-refractivity contribution in [1.82, 2.24) is 5.32 Å². The van der Waals surface area contributed by atoms with E-state index in [9.17, 15) is 19.2 Å². The van der Waals surface area contributed by atoms with Crippen molar-refractivity contribution >= 4 is 56.7 Å². The average Bonchev–Trinajstić information content (AvgIpc) is 3.21. The number of nitrogens with one attached hydrogen (secondary N) is 3. The van der Waals surface area contributed by atoms with Crippen LogP contribution in [0.3, 0.4) is 0 Å². The SMILES string of the molecule is CCNC(=O)c1sc(NC(=O)OC(C)(C)C)cc1C.Cc1cc(NC(=O)OC(C)(C)C)sc1C(=O)O. The van der Waals surface area contributed by atoms with Gasteiger partial charge in [-0.2, -0.15) is 0 Å². The van der Waals surface area contributed by atoms with E-state index in [1.165, 1.54) is 11.3 Å². The monoisotopic (exact) mass is 541 g/mol. The molecule has 0 saturated carbocycles. The maximum absolute atomic E-state index is 11.7. The minimum absolute atomic E-state index is 0.123. The number of ether oxygens (including phenoxy) is 2. The first kappa shape index (κ1) is 30.9. The Morgan fingerprint density at radius 2 is 1.19 bits per heavy atom. The number of thiophene rings is 2. The first-order valence-corrected chi connectivity index (χ1v) is 12.8. The van der Waals surface area contributed by atoms with Crippen LogP contribution in [0.1, 0.15) is 78.9 Å². The summed E-state index contributed by atoms with van der Waals surface area (Å²) >= 11 is 2.25. The minimum Gasteiger partial charge on any atom is -0.477 e. The van der Waals surface area contributed by atoms with Gasteiger partial charge < -0.3 is 19.9 Å². The van der Waals surface area contributed by atoms with E-state index in [4.69, 9.17) is 14.6 Å². The molecule has 0 aliphatic heterocycles. The van der Waals surface area contributed by atoms with Crippen LogP contribution in [0.25, 0.3) is 0 Å². The van der Waals surface area contributed by atoms with Crippen molar-refractivity contribution in [3.63, 3.8) is 0 Å². The Morgan fingerprint density at radius 1 is 0.806 bits per heavy atom. The minimum atomic E-state index is -0.996. The summed E-state index contributed by atoms with van der Waals surface area (Å²) in [5.74, 6) is -1.12. The van der Waals surface area contributed by atoms with Crippen molar-refractivity contribution in [2.75, 3.05) is 17.2 Å². The van der Waals surface area contributed by atoms with E-state index in [-0.39, 0.29) is 10.8 Å². The first-order chi connectivity index (χ1) is 16.4. The van der Waals surface area contributed by atoms with E-state index in [0.29, 0.717) is 27.0 Å². The number of anilines is 2. The lowest BCUT2D eigenvalue weighted by Crippen LogP contribution is -2.27. The molecule has 12 heteroatoms. The van der Waals surface area contributed by atoms with E-state index in [0.717, 1.165) is 16.9 Å². The van der Waals surface area contributed by atoms with Crippen LogP contribution >= 0.6 is 22.7 Å². The van der Waals surface area contributed by atoms with Crippen molar-refractivity contribution in [3.05, 3.63) is 33.0 Å². The molecule has 0 saturated heterocycles. The van der Waals surface area contributed by atoms with Crippen LogP contribution in [-0.4, -0.2) is 46.9 Å². The number of hydrogen-bond donors (Lipinski definition) is 4. The highest BCUT2D eigenvalue weighted by molar-refractivity contribution is 7.18. The van der Waals surface area contributed by atoms with E-state index in [1.54, 1.807) is 60.6 Å². The fourth-order valence-electron chi connectivity index (χ4n) is 2.57. The second kappa shape index (κ2) is 12.7. The third-order valence-corrected chi connectivity index (χ3v) is 6.11. The number of carbonyl (C=O) groups is 4. The molecule has 10 nitrogen and oxygen atoms in total. The number of carboxylic acids is 1. The largest absolute Gasteiger partial charge is 0.477 e. The Kier molecular flexibility index (Phi) is 10.9. The zero-order chi connectivity index (χ0) is 27.8. The van der Waals surface area contributed by atoms with Gasteiger partial charge in [0.05, 0.1) is 14.9 Å². The molecule has 0 aromatic carbocycles. The van der Waals surface area contributed by atoms with Gasteiger partial charge in [0.25, 0.3) is 5.91 Å². The van der Waals surface area contributed by atoms with Gasteiger partial charge in [0.2, 0.25) is 0 Å². The normalized spacial score (nSPS) is 11.0. The quantitative estimate of drug-likeness (QED) is 0.350. The summed E-state index contributed by atoms with van der Waals surface area (Å²) in [4.78, 5) is 46.4. The van der Waals surface area contributed by atoms with Crippen LogP contribution in [-0.2, 0) is 9.47 Å². The first-order valence-electron chi connectivity index (χ1n) is 11.1. The zero-order valence-electron chi connectivity index (χ0n) is 22.1. The molecule has 4 N–H and O–H groups in total. The molecular weight excluding hydrogens is 506 g/mol. The number of hydrogen-bond acceptors (Lipinski definition) is 8. The maximum atomic E-state index is 11.7. The van der Waals surface area contributed by atoms with Gasteiger partial charge in [-0.15, -0.1) is 22.7 Å². The molecule has 0 radical (unpaired) electrons. The lowest BCUT2D eigenvalue weighted by atomic mass is 10.2. The number of carbonyl (C=O) groups excluding carboxylic acids is 3. The average molecular weight is 542 g/mol. The molecule has 0 unspecified atom stereocenters. The highest BCUT2D eigenvalue weighted by Crippen LogP contribution is 2.28. The Balaban J connectivity index is 0.000000362. The van der Waals surface area contributed by atoms with Gasteiger partial charge >= 0.3 is 18.2 Å². The van der Waals surface area contributed by atoms with Crippen LogP contribution in [0.5, 0.6) is 0 Å². The molecule has 0 bridgehead atoms. The summed E-state index contributed by atoms with van der Waals surface area (Å²) in [5.41, 5.74) is 0.334. The van der Waals surface area contributed by atoms with Gasteiger partial charge in [0.15, 0.2) is 0 Å². The molecule has 36 heavy (non-hydrogen) atoms. The molecule has 2 aromatic rings. The van der Waals surface area contributed by atoms with Gasteiger partial charge in [0.1, 0.15) is 16.1 Å². The van der Waals surface area contributed by atoms with Gasteiger partial charge in [-0.05, 0) is 85.6 Å². The van der Waals surface area contributed by atoms with Crippen molar-refractivity contribution in [2.24, 2.45) is 0 Å². The number of aryl methyl sites for hydroxylation is 2. The fourth-order valence-corrected chi connectivity index (χ4v) is 4.45. The van der Waals surface area contributed by atoms with Crippen molar-refractivity contribution in [3.8, 4) is 0 Å². The van der Waals surface area contributed by atoms with E-state index < -0.39 is 29.4 Å². The summed E-state index contributed by atoms with van der Waals surface area (Å²) in [6.45, 7) is 16.6. The third kappa shape index (κ3) is 11.1. The van der Waals surface area contributed by atoms with E-state index >= 15 is 0 Å². The number of carboxylic acid groups (broad SMARTS) is 1. The molecule has 200 valence electrons. The molecule has 0 fully saturated rings. The Morgan fingerprint density at radius 3 is 1.53 bits per heavy atom. The van der Waals surface area contributed by atoms with Crippen molar-refractivity contribution in [1.29, 1.82) is 0 Å². The highest BCUT2D eigenvalue weighted by Gasteiger charge is 2.20. The molecular formula is C24H35N3O7S2. The smallest absolute Gasteiger partial charge is 0.412 e. The standard InChI is InChI=1S/C13H20N2O3S.C11H15NO4S/c1-6-14-11(16)10-8(2)7-9(19-10)15-12(17)18-13(3,4)5;1-6-5-7(17-8(6)9(13)14)12-10(15)16-11(2,3)4/h7H,6H2,1-5H3,(H,14,16)(H,15,17);5H,1-4H3,(H,12,15)(H,13,14). The third-order valence-electron chi connectivity index (χ3n) is 3.82. The number of aromatic carboxylic acids is 1. The summed E-state index contributed by atoms with van der Waals surface area (Å²) in [7, 11) is 0. The topological polar surface area (TPSA) is 143 Å². The molecule has 2 heterocycles. The summed E-state index contributed by atoms with van der Waals surface area (Å²) in [6, 6.07) is 3.37. The Hall–Kier alpha value is -3.12. The molecule has 0 aliphatic carbocycles. The van der Waals surface area contributed by atoms with Crippen molar-refractivity contribution in [2.45, 2.75) is 73.5 Å². The van der Waals surface area contributed by atoms with Crippen molar-refractivity contribution < 1.29 is 33.8 Å². The Labute approximate surface area is 219 Å². The summed E-state index contributed by atoms with van der Waals surface area (Å²) in [5, 5.41) is 17.8. The zero-order valence-corrected chi connectivity index (χ0v) is 23.7. The molecule has 0 aliphatic rings. The molecule has 0 spiro atoms.